The zero-order chi connectivity index (χ0) is 0. The molecule has 0 saturated carbocycles. The van der Waals surface area contributed by atoms with E-state index in [-0.39, 0.29) is 39.0 Å². The van der Waals surface area contributed by atoms with Crippen molar-refractivity contribution in [1.82, 2.24) is 0 Å². The van der Waals surface area contributed by atoms with E-state index in [0.29, 0.717) is 0 Å². The van der Waals surface area contributed by atoms with Gasteiger partial charge in [-0.15, -0.1) is 0 Å². The quantitative estimate of drug-likeness (QED) is 0.322. The van der Waals surface area contributed by atoms with Crippen LogP contribution in [0.3, 0.4) is 0 Å². The fourth-order valence-electron chi connectivity index (χ4n) is 0. The second-order valence-corrected chi connectivity index (χ2v) is 0. The van der Waals surface area contributed by atoms with E-state index in [1.165, 1.54) is 0 Å². The monoisotopic (exact) mass is 125 g/mol. The molecular weight excluding hydrogens is 116 g/mol. The van der Waals surface area contributed by atoms with Gasteiger partial charge >= 0.3 is 0 Å². The fourth-order valence-corrected chi connectivity index (χ4v) is 0. The zero-order valence-corrected chi connectivity index (χ0v) is 3.30. The molecule has 7 heavy (non-hydrogen) atoms. The van der Waals surface area contributed by atoms with E-state index in [0.717, 1.165) is 0 Å². The van der Waals surface area contributed by atoms with Crippen LogP contribution in [0.2, 0.25) is 0 Å². The molecular formula is H9BF3O3. The molecule has 0 saturated heterocycles. The lowest BCUT2D eigenvalue weighted by atomic mass is 10.8. The van der Waals surface area contributed by atoms with Crippen molar-refractivity contribution in [3.8, 4) is 0 Å². The number of hydrogen-bond donors (Lipinski definition) is 0. The Morgan fingerprint density at radius 3 is 0.429 bits per heavy atom. The van der Waals surface area contributed by atoms with Crippen molar-refractivity contribution in [2.24, 2.45) is 0 Å². The van der Waals surface area contributed by atoms with E-state index >= 15 is 0 Å². The smallest absolute Gasteiger partial charge is 0 e. The minimum atomic E-state index is 0. The lowest BCUT2D eigenvalue weighted by molar-refractivity contribution is 0.823. The van der Waals surface area contributed by atoms with Gasteiger partial charge in [0.25, 0.3) is 0 Å². The molecule has 0 rings (SSSR count). The predicted octanol–water partition coefficient (Wildman–Crippen LogP) is -2.40. The first-order chi connectivity index (χ1) is 0. The van der Waals surface area contributed by atoms with Crippen LogP contribution < -0.4 is 0 Å². The summed E-state index contributed by atoms with van der Waals surface area (Å²) >= 11 is 0. The Bertz CT molecular complexity index is 10.1. The Hall–Kier alpha value is -0.265. The van der Waals surface area contributed by atoms with Gasteiger partial charge in [0.2, 0.25) is 0 Å². The van der Waals surface area contributed by atoms with Crippen LogP contribution in [0, 0.1) is 0 Å². The van der Waals surface area contributed by atoms with E-state index in [2.05, 4.69) is 0 Å². The highest BCUT2D eigenvalue weighted by atomic mass is 19.0. The van der Waals surface area contributed by atoms with Crippen molar-refractivity contribution in [1.29, 1.82) is 0 Å². The summed E-state index contributed by atoms with van der Waals surface area (Å²) in [4.78, 5) is 0. The summed E-state index contributed by atoms with van der Waals surface area (Å²) in [5.41, 5.74) is 0. The first kappa shape index (κ1) is 3150. The number of rotatable bonds is 0. The summed E-state index contributed by atoms with van der Waals surface area (Å²) in [6, 6.07) is 0. The van der Waals surface area contributed by atoms with Gasteiger partial charge in [-0.1, -0.05) is 0 Å². The molecule has 0 aliphatic rings. The van der Waals surface area contributed by atoms with Crippen LogP contribution in [0.1, 0.15) is 0 Å². The van der Waals surface area contributed by atoms with Gasteiger partial charge in [-0.05, 0) is 0 Å². The van der Waals surface area contributed by atoms with Crippen molar-refractivity contribution in [2.45, 2.75) is 0 Å². The minimum Gasteiger partial charge on any atom is -0.412 e. The SMILES string of the molecule is F.F.F.O.O.O.[B]. The third-order valence-electron chi connectivity index (χ3n) is 0. The lowest BCUT2D eigenvalue weighted by Crippen LogP contribution is -0.381. The maximum atomic E-state index is 0. The third-order valence-corrected chi connectivity index (χ3v) is 0. The van der Waals surface area contributed by atoms with Gasteiger partial charge < -0.3 is 16.4 Å². The van der Waals surface area contributed by atoms with E-state index < -0.39 is 0 Å². The number of hydrogen-bond acceptors (Lipinski definition) is 0. The molecule has 0 heterocycles. The Morgan fingerprint density at radius 2 is 0.429 bits per heavy atom. The van der Waals surface area contributed by atoms with E-state index in [1.54, 1.807) is 0 Å². The largest absolute Gasteiger partial charge is 0.412 e. The molecule has 7 heteroatoms. The highest BCUT2D eigenvalue weighted by molar-refractivity contribution is 5.75. The summed E-state index contributed by atoms with van der Waals surface area (Å²) in [5, 5.41) is 0. The highest BCUT2D eigenvalue weighted by Crippen LogP contribution is 0.422. The van der Waals surface area contributed by atoms with Gasteiger partial charge in [-0.25, -0.2) is 0 Å². The molecule has 0 bridgehead atoms. The number of halogens is 3. The van der Waals surface area contributed by atoms with E-state index in [1.807, 2.05) is 0 Å². The normalized spacial score (nSPS) is 0. The van der Waals surface area contributed by atoms with Crippen LogP contribution in [-0.2, 0) is 0 Å². The average Bonchev–Trinajstić information content (AvgIpc) is 0. The van der Waals surface area contributed by atoms with Crippen LogP contribution in [0.15, 0.2) is 0 Å². The van der Waals surface area contributed by atoms with Gasteiger partial charge in [0.05, 0.1) is 0 Å². The van der Waals surface area contributed by atoms with Crippen LogP contribution in [-0.4, -0.2) is 24.8 Å². The highest BCUT2D eigenvalue weighted by Gasteiger charge is 0.0000187. The van der Waals surface area contributed by atoms with Crippen LogP contribution in [0.5, 0.6) is 0 Å². The maximum Gasteiger partial charge on any atom is 0 e. The van der Waals surface area contributed by atoms with Crippen LogP contribution in [0.4, 0.5) is 14.1 Å². The summed E-state index contributed by atoms with van der Waals surface area (Å²) < 4.78 is 0. The van der Waals surface area contributed by atoms with Crippen LogP contribution in [0.25, 0.3) is 0 Å². The zero-order valence-electron chi connectivity index (χ0n) is 3.30. The van der Waals surface area contributed by atoms with Crippen molar-refractivity contribution >= 4 is 8.41 Å². The second-order valence-electron chi connectivity index (χ2n) is 0. The Kier molecular flexibility index (Phi) is 824000. The van der Waals surface area contributed by atoms with Gasteiger partial charge in [-0.3, -0.25) is 14.1 Å². The summed E-state index contributed by atoms with van der Waals surface area (Å²) in [6.45, 7) is 0. The van der Waals surface area contributed by atoms with Crippen molar-refractivity contribution in [3.63, 3.8) is 0 Å². The fraction of sp³-hybridized carbons (Fsp3) is 0. The summed E-state index contributed by atoms with van der Waals surface area (Å²) in [5.74, 6) is 0. The van der Waals surface area contributed by atoms with E-state index in [4.69, 9.17) is 0 Å². The molecule has 0 unspecified atom stereocenters. The molecule has 3 nitrogen and oxygen atoms in total. The summed E-state index contributed by atoms with van der Waals surface area (Å²) in [7, 11) is 0. The molecule has 0 aliphatic carbocycles. The summed E-state index contributed by atoms with van der Waals surface area (Å²) in [6.07, 6.45) is 0. The van der Waals surface area contributed by atoms with Crippen LogP contribution >= 0.6 is 0 Å². The van der Waals surface area contributed by atoms with E-state index in [9.17, 15) is 0 Å². The lowest BCUT2D eigenvalue weighted by Gasteiger charge is -0.413. The molecule has 0 aliphatic heterocycles. The Morgan fingerprint density at radius 1 is 0.429 bits per heavy atom. The molecule has 0 atom stereocenters. The Labute approximate surface area is 40.3 Å². The maximum absolute atomic E-state index is 0. The first-order valence-electron chi connectivity index (χ1n) is 0. The topological polar surface area (TPSA) is 94.5 Å². The molecule has 0 spiro atoms. The average molecular weight is 125 g/mol. The van der Waals surface area contributed by atoms with Gasteiger partial charge in [-0.2, -0.15) is 0 Å². The molecule has 0 aromatic carbocycles. The second kappa shape index (κ2) is 1830. The van der Waals surface area contributed by atoms with Gasteiger partial charge in [0, 0.05) is 8.41 Å². The molecule has 3 radical (unpaired) electrons. The molecule has 0 fully saturated rings. The first-order valence-corrected chi connectivity index (χ1v) is 0. The minimum absolute atomic E-state index is 0. The molecule has 0 aromatic rings. The van der Waals surface area contributed by atoms with Gasteiger partial charge in [0.15, 0.2) is 0 Å². The van der Waals surface area contributed by atoms with Gasteiger partial charge in [0.1, 0.15) is 0 Å². The standard InChI is InChI=1S/B.3FH.3H2O/h;3*1H;3*1H2. The van der Waals surface area contributed by atoms with Crippen molar-refractivity contribution in [2.75, 3.05) is 0 Å². The third kappa shape index (κ3) is 1140. The molecule has 0 aromatic heterocycles. The molecule has 6 N–H and O–H groups in total. The van der Waals surface area contributed by atoms with Crippen molar-refractivity contribution < 1.29 is 30.5 Å². The predicted molar refractivity (Wildman–Crippen MR) is 24.1 cm³/mol. The molecule has 51 valence electrons. The molecule has 0 amide bonds. The Balaban J connectivity index is 0. The van der Waals surface area contributed by atoms with Crippen molar-refractivity contribution in [3.05, 3.63) is 0 Å².